The normalized spacial score (nSPS) is 11.1. The fraction of sp³-hybridized carbons (Fsp3) is 0.263. The highest BCUT2D eigenvalue weighted by Crippen LogP contribution is 2.31. The Morgan fingerprint density at radius 3 is 2.36 bits per heavy atom. The van der Waals surface area contributed by atoms with Gasteiger partial charge in [0.2, 0.25) is 5.88 Å². The maximum absolute atomic E-state index is 6.09. The van der Waals surface area contributed by atoms with Gasteiger partial charge in [0, 0.05) is 10.8 Å². The fourth-order valence-electron chi connectivity index (χ4n) is 2.48. The molecule has 0 saturated carbocycles. The average Bonchev–Trinajstić information content (AvgIpc) is 2.52. The second-order valence-electron chi connectivity index (χ2n) is 5.92. The van der Waals surface area contributed by atoms with Crippen molar-refractivity contribution < 1.29 is 4.74 Å². The van der Waals surface area contributed by atoms with Gasteiger partial charge in [-0.25, -0.2) is 0 Å². The minimum absolute atomic E-state index is 0.462. The van der Waals surface area contributed by atoms with E-state index in [-0.39, 0.29) is 0 Å². The molecule has 0 radical (unpaired) electrons. The monoisotopic (exact) mass is 292 g/mol. The summed E-state index contributed by atoms with van der Waals surface area (Å²) in [7, 11) is 0. The van der Waals surface area contributed by atoms with Crippen molar-refractivity contribution in [2.24, 2.45) is 0 Å². The molecule has 112 valence electrons. The Hall–Kier alpha value is -2.42. The quantitative estimate of drug-likeness (QED) is 0.668. The lowest BCUT2D eigenvalue weighted by atomic mass is 10.0. The largest absolute Gasteiger partial charge is 0.437 e. The molecule has 0 spiro atoms. The minimum atomic E-state index is 0.462. The van der Waals surface area contributed by atoms with Gasteiger partial charge in [0.05, 0.1) is 5.69 Å². The van der Waals surface area contributed by atoms with Crippen LogP contribution in [0.1, 0.15) is 36.6 Å². The summed E-state index contributed by atoms with van der Waals surface area (Å²) in [5, 5.41) is 10.5. The lowest BCUT2D eigenvalue weighted by molar-refractivity contribution is 0.457. The van der Waals surface area contributed by atoms with Gasteiger partial charge in [-0.15, -0.1) is 5.10 Å². The minimum Gasteiger partial charge on any atom is -0.437 e. The van der Waals surface area contributed by atoms with Gasteiger partial charge >= 0.3 is 0 Å². The topological polar surface area (TPSA) is 35.0 Å². The predicted octanol–water partition coefficient (Wildman–Crippen LogP) is 5.16. The fourth-order valence-corrected chi connectivity index (χ4v) is 2.48. The van der Waals surface area contributed by atoms with Crippen LogP contribution in [0.25, 0.3) is 10.8 Å². The number of ether oxygens (including phenoxy) is 1. The van der Waals surface area contributed by atoms with Crippen LogP contribution >= 0.6 is 0 Å². The number of benzene rings is 2. The van der Waals surface area contributed by atoms with Crippen LogP contribution in [-0.4, -0.2) is 10.2 Å². The Kier molecular flexibility index (Phi) is 3.80. The van der Waals surface area contributed by atoms with E-state index in [2.05, 4.69) is 42.2 Å². The molecule has 3 nitrogen and oxygen atoms in total. The van der Waals surface area contributed by atoms with Gasteiger partial charge in [-0.2, -0.15) is 5.10 Å². The first-order valence-electron chi connectivity index (χ1n) is 7.56. The van der Waals surface area contributed by atoms with Crippen molar-refractivity contribution in [1.29, 1.82) is 0 Å². The summed E-state index contributed by atoms with van der Waals surface area (Å²) in [4.78, 5) is 0. The van der Waals surface area contributed by atoms with Gasteiger partial charge in [0.1, 0.15) is 5.75 Å². The van der Waals surface area contributed by atoms with Crippen LogP contribution in [0.5, 0.6) is 11.6 Å². The first-order valence-corrected chi connectivity index (χ1v) is 7.56. The maximum atomic E-state index is 6.09. The van der Waals surface area contributed by atoms with Gasteiger partial charge in [0.15, 0.2) is 0 Å². The summed E-state index contributed by atoms with van der Waals surface area (Å²) < 4.78 is 6.09. The third kappa shape index (κ3) is 2.67. The number of rotatable bonds is 3. The van der Waals surface area contributed by atoms with Crippen molar-refractivity contribution in [3.05, 3.63) is 59.3 Å². The predicted molar refractivity (Wildman–Crippen MR) is 89.6 cm³/mol. The van der Waals surface area contributed by atoms with E-state index in [0.29, 0.717) is 11.8 Å². The highest BCUT2D eigenvalue weighted by atomic mass is 16.5. The summed E-state index contributed by atoms with van der Waals surface area (Å²) in [6.07, 6.45) is 0. The van der Waals surface area contributed by atoms with Gasteiger partial charge in [0.25, 0.3) is 0 Å². The van der Waals surface area contributed by atoms with E-state index in [9.17, 15) is 0 Å². The third-order valence-electron chi connectivity index (χ3n) is 3.92. The van der Waals surface area contributed by atoms with Crippen LogP contribution in [0, 0.1) is 13.8 Å². The molecule has 0 aliphatic rings. The van der Waals surface area contributed by atoms with E-state index in [1.807, 2.05) is 38.1 Å². The number of hydrogen-bond donors (Lipinski definition) is 0. The van der Waals surface area contributed by atoms with Crippen LogP contribution < -0.4 is 4.74 Å². The SMILES string of the molecule is Cc1ccc(C(C)C)cc1Oc1nnc(C)c2ccccc12. The maximum Gasteiger partial charge on any atom is 0.246 e. The molecule has 0 saturated heterocycles. The Bertz CT molecular complexity index is 825. The van der Waals surface area contributed by atoms with Crippen LogP contribution in [0.3, 0.4) is 0 Å². The molecule has 0 atom stereocenters. The van der Waals surface area contributed by atoms with E-state index < -0.39 is 0 Å². The van der Waals surface area contributed by atoms with Crippen LogP contribution in [-0.2, 0) is 0 Å². The highest BCUT2D eigenvalue weighted by Gasteiger charge is 2.11. The zero-order valence-electron chi connectivity index (χ0n) is 13.4. The molecule has 1 aromatic heterocycles. The molecule has 0 bridgehead atoms. The standard InChI is InChI=1S/C19H20N2O/c1-12(2)15-10-9-13(3)18(11-15)22-19-17-8-6-5-7-16(17)14(4)20-21-19/h5-12H,1-4H3. The molecule has 0 fully saturated rings. The Labute approximate surface area is 131 Å². The highest BCUT2D eigenvalue weighted by molar-refractivity contribution is 5.88. The van der Waals surface area contributed by atoms with E-state index in [4.69, 9.17) is 4.74 Å². The second kappa shape index (κ2) is 5.76. The van der Waals surface area contributed by atoms with Crippen molar-refractivity contribution in [3.8, 4) is 11.6 Å². The van der Waals surface area contributed by atoms with Gasteiger partial charge in [-0.1, -0.05) is 44.2 Å². The number of fused-ring (bicyclic) bond motifs is 1. The molecular weight excluding hydrogens is 272 g/mol. The zero-order valence-corrected chi connectivity index (χ0v) is 13.4. The molecule has 3 heteroatoms. The van der Waals surface area contributed by atoms with Gasteiger partial charge in [-0.3, -0.25) is 0 Å². The average molecular weight is 292 g/mol. The molecule has 0 N–H and O–H groups in total. The first kappa shape index (κ1) is 14.5. The van der Waals surface area contributed by atoms with Gasteiger partial charge in [-0.05, 0) is 43.0 Å². The summed E-state index contributed by atoms with van der Waals surface area (Å²) in [5.41, 5.74) is 3.26. The molecule has 2 aromatic carbocycles. The lowest BCUT2D eigenvalue weighted by Crippen LogP contribution is -1.97. The van der Waals surface area contributed by atoms with Crippen LogP contribution in [0.4, 0.5) is 0 Å². The number of aromatic nitrogens is 2. The van der Waals surface area contributed by atoms with Crippen molar-refractivity contribution in [3.63, 3.8) is 0 Å². The van der Waals surface area contributed by atoms with Crippen LogP contribution in [0.2, 0.25) is 0 Å². The van der Waals surface area contributed by atoms with E-state index in [1.54, 1.807) is 0 Å². The molecular formula is C19H20N2O. The molecule has 0 aliphatic carbocycles. The second-order valence-corrected chi connectivity index (χ2v) is 5.92. The van der Waals surface area contributed by atoms with E-state index in [1.165, 1.54) is 5.56 Å². The van der Waals surface area contributed by atoms with Crippen molar-refractivity contribution in [2.75, 3.05) is 0 Å². The molecule has 3 rings (SSSR count). The molecule has 0 aliphatic heterocycles. The summed E-state index contributed by atoms with van der Waals surface area (Å²) in [6.45, 7) is 8.36. The lowest BCUT2D eigenvalue weighted by Gasteiger charge is -2.13. The zero-order chi connectivity index (χ0) is 15.7. The number of hydrogen-bond acceptors (Lipinski definition) is 3. The van der Waals surface area contributed by atoms with Crippen molar-refractivity contribution in [1.82, 2.24) is 10.2 Å². The Balaban J connectivity index is 2.07. The van der Waals surface area contributed by atoms with Crippen molar-refractivity contribution in [2.45, 2.75) is 33.6 Å². The molecule has 0 unspecified atom stereocenters. The van der Waals surface area contributed by atoms with E-state index >= 15 is 0 Å². The molecule has 22 heavy (non-hydrogen) atoms. The van der Waals surface area contributed by atoms with E-state index in [0.717, 1.165) is 27.8 Å². The Morgan fingerprint density at radius 1 is 0.909 bits per heavy atom. The van der Waals surface area contributed by atoms with Gasteiger partial charge < -0.3 is 4.74 Å². The third-order valence-corrected chi connectivity index (χ3v) is 3.92. The smallest absolute Gasteiger partial charge is 0.246 e. The molecule has 0 amide bonds. The Morgan fingerprint density at radius 2 is 1.64 bits per heavy atom. The van der Waals surface area contributed by atoms with Crippen molar-refractivity contribution >= 4 is 10.8 Å². The number of aryl methyl sites for hydroxylation is 2. The number of nitrogens with zero attached hydrogens (tertiary/aromatic N) is 2. The summed E-state index contributed by atoms with van der Waals surface area (Å²) in [5.74, 6) is 1.86. The van der Waals surface area contributed by atoms with Crippen LogP contribution in [0.15, 0.2) is 42.5 Å². The summed E-state index contributed by atoms with van der Waals surface area (Å²) >= 11 is 0. The molecule has 3 aromatic rings. The summed E-state index contributed by atoms with van der Waals surface area (Å²) in [6, 6.07) is 14.4. The molecule has 1 heterocycles. The first-order chi connectivity index (χ1) is 10.6.